The topological polar surface area (TPSA) is 83.5 Å². The Morgan fingerprint density at radius 3 is 2.53 bits per heavy atom. The lowest BCUT2D eigenvalue weighted by Gasteiger charge is -2.11. The zero-order valence-corrected chi connectivity index (χ0v) is 12.6. The number of halogens is 2. The maximum atomic E-state index is 11.9. The van der Waals surface area contributed by atoms with Gasteiger partial charge in [0.25, 0.3) is 0 Å². The molecule has 8 heteroatoms. The van der Waals surface area contributed by atoms with Crippen LogP contribution in [0.15, 0.2) is 32.0 Å². The van der Waals surface area contributed by atoms with Crippen molar-refractivity contribution >= 4 is 47.9 Å². The maximum absolute atomic E-state index is 11.9. The molecule has 0 saturated carbocycles. The summed E-state index contributed by atoms with van der Waals surface area (Å²) >= 11 is 6.26. The molecule has 0 aliphatic heterocycles. The van der Waals surface area contributed by atoms with Gasteiger partial charge in [-0.3, -0.25) is 4.79 Å². The highest BCUT2D eigenvalue weighted by Gasteiger charge is 2.23. The number of carbonyl (C=O) groups is 1. The van der Waals surface area contributed by atoms with Crippen molar-refractivity contribution in [3.8, 4) is 0 Å². The minimum Gasteiger partial charge on any atom is -0.480 e. The Bertz CT molecular complexity index is 544. The zero-order valence-electron chi connectivity index (χ0n) is 8.65. The van der Waals surface area contributed by atoms with Crippen LogP contribution in [0.25, 0.3) is 0 Å². The molecule has 17 heavy (non-hydrogen) atoms. The van der Waals surface area contributed by atoms with E-state index in [1.54, 1.807) is 12.1 Å². The van der Waals surface area contributed by atoms with Gasteiger partial charge >= 0.3 is 5.97 Å². The molecule has 94 valence electrons. The first kappa shape index (κ1) is 14.6. The average Bonchev–Trinajstić information content (AvgIpc) is 2.20. The van der Waals surface area contributed by atoms with Crippen LogP contribution < -0.4 is 4.72 Å². The third-order valence-corrected chi connectivity index (χ3v) is 4.91. The molecule has 0 aliphatic carbocycles. The maximum Gasteiger partial charge on any atom is 0.321 e. The standard InChI is InChI=1S/C9H9Br2NO4S/c1-5(9(13)14)12-17(15,16)8-4-6(10)2-3-7(8)11/h2-5,12H,1H3,(H,13,14)/t5-/m0/s1. The third-order valence-electron chi connectivity index (χ3n) is 1.89. The fraction of sp³-hybridized carbons (Fsp3) is 0.222. The number of benzene rings is 1. The number of rotatable bonds is 4. The van der Waals surface area contributed by atoms with Gasteiger partial charge in [-0.1, -0.05) is 15.9 Å². The van der Waals surface area contributed by atoms with Gasteiger partial charge in [-0.05, 0) is 41.1 Å². The lowest BCUT2D eigenvalue weighted by molar-refractivity contribution is -0.138. The molecule has 0 aromatic heterocycles. The minimum absolute atomic E-state index is 0.0139. The normalized spacial score (nSPS) is 13.4. The summed E-state index contributed by atoms with van der Waals surface area (Å²) in [6.07, 6.45) is 0. The van der Waals surface area contributed by atoms with Gasteiger partial charge < -0.3 is 5.11 Å². The first-order valence-corrected chi connectivity index (χ1v) is 7.51. The zero-order chi connectivity index (χ0) is 13.2. The summed E-state index contributed by atoms with van der Waals surface area (Å²) in [7, 11) is -3.87. The molecule has 0 unspecified atom stereocenters. The third kappa shape index (κ3) is 3.77. The van der Waals surface area contributed by atoms with E-state index in [4.69, 9.17) is 5.11 Å². The predicted octanol–water partition coefficient (Wildman–Crippen LogP) is 1.96. The van der Waals surface area contributed by atoms with E-state index < -0.39 is 22.0 Å². The molecule has 0 amide bonds. The molecule has 0 aliphatic rings. The molecule has 0 heterocycles. The lowest BCUT2D eigenvalue weighted by atomic mass is 10.4. The van der Waals surface area contributed by atoms with Crippen molar-refractivity contribution in [2.75, 3.05) is 0 Å². The minimum atomic E-state index is -3.87. The van der Waals surface area contributed by atoms with E-state index in [1.165, 1.54) is 13.0 Å². The predicted molar refractivity (Wildman–Crippen MR) is 69.3 cm³/mol. The Morgan fingerprint density at radius 2 is 2.00 bits per heavy atom. The Hall–Kier alpha value is -0.440. The second kappa shape index (κ2) is 5.47. The quantitative estimate of drug-likeness (QED) is 0.828. The smallest absolute Gasteiger partial charge is 0.321 e. The van der Waals surface area contributed by atoms with Gasteiger partial charge in [0.15, 0.2) is 0 Å². The van der Waals surface area contributed by atoms with Gasteiger partial charge in [-0.2, -0.15) is 4.72 Å². The number of hydrogen-bond acceptors (Lipinski definition) is 3. The highest BCUT2D eigenvalue weighted by atomic mass is 79.9. The number of nitrogens with one attached hydrogen (secondary N) is 1. The van der Waals surface area contributed by atoms with Crippen molar-refractivity contribution in [3.05, 3.63) is 27.1 Å². The molecule has 2 N–H and O–H groups in total. The van der Waals surface area contributed by atoms with Crippen LogP contribution in [0.4, 0.5) is 0 Å². The fourth-order valence-corrected chi connectivity index (χ4v) is 3.73. The molecule has 1 atom stereocenters. The van der Waals surface area contributed by atoms with Crippen molar-refractivity contribution in [2.24, 2.45) is 0 Å². The Balaban J connectivity index is 3.13. The highest BCUT2D eigenvalue weighted by Crippen LogP contribution is 2.25. The van der Waals surface area contributed by atoms with Gasteiger partial charge in [0.1, 0.15) is 6.04 Å². The molecular weight excluding hydrogens is 378 g/mol. The van der Waals surface area contributed by atoms with E-state index in [2.05, 4.69) is 36.6 Å². The average molecular weight is 387 g/mol. The van der Waals surface area contributed by atoms with E-state index in [0.717, 1.165) is 0 Å². The van der Waals surface area contributed by atoms with Gasteiger partial charge in [0.2, 0.25) is 10.0 Å². The Labute approximate surface area is 116 Å². The molecule has 0 spiro atoms. The molecule has 0 saturated heterocycles. The second-order valence-corrected chi connectivity index (χ2v) is 6.71. The number of sulfonamides is 1. The summed E-state index contributed by atoms with van der Waals surface area (Å²) in [5.41, 5.74) is 0. The van der Waals surface area contributed by atoms with Crippen molar-refractivity contribution in [3.63, 3.8) is 0 Å². The highest BCUT2D eigenvalue weighted by molar-refractivity contribution is 9.11. The molecule has 0 fully saturated rings. The van der Waals surface area contributed by atoms with Crippen LogP contribution in [0, 0.1) is 0 Å². The van der Waals surface area contributed by atoms with Crippen LogP contribution in [0.5, 0.6) is 0 Å². The molecule has 1 aromatic rings. The van der Waals surface area contributed by atoms with Crippen LogP contribution in [0.2, 0.25) is 0 Å². The summed E-state index contributed by atoms with van der Waals surface area (Å²) < 4.78 is 26.8. The largest absolute Gasteiger partial charge is 0.480 e. The Kier molecular flexibility index (Phi) is 4.70. The van der Waals surface area contributed by atoms with E-state index in [-0.39, 0.29) is 4.90 Å². The van der Waals surface area contributed by atoms with Crippen LogP contribution in [0.1, 0.15) is 6.92 Å². The first-order chi connectivity index (χ1) is 7.74. The van der Waals surface area contributed by atoms with Crippen LogP contribution in [0.3, 0.4) is 0 Å². The van der Waals surface area contributed by atoms with Crippen molar-refractivity contribution < 1.29 is 18.3 Å². The fourth-order valence-electron chi connectivity index (χ4n) is 1.03. The number of carboxylic acid groups (broad SMARTS) is 1. The van der Waals surface area contributed by atoms with Crippen molar-refractivity contribution in [1.29, 1.82) is 0 Å². The molecular formula is C9H9Br2NO4S. The summed E-state index contributed by atoms with van der Waals surface area (Å²) in [4.78, 5) is 10.6. The van der Waals surface area contributed by atoms with Crippen molar-refractivity contribution in [1.82, 2.24) is 4.72 Å². The van der Waals surface area contributed by atoms with Crippen LogP contribution >= 0.6 is 31.9 Å². The van der Waals surface area contributed by atoms with Crippen LogP contribution in [-0.2, 0) is 14.8 Å². The van der Waals surface area contributed by atoms with Crippen molar-refractivity contribution in [2.45, 2.75) is 17.9 Å². The molecule has 1 aromatic carbocycles. The summed E-state index contributed by atoms with van der Waals surface area (Å²) in [6, 6.07) is 3.43. The van der Waals surface area contributed by atoms with Gasteiger partial charge in [0, 0.05) is 8.95 Å². The molecule has 1 rings (SSSR count). The Morgan fingerprint density at radius 1 is 1.41 bits per heavy atom. The second-order valence-electron chi connectivity index (χ2n) is 3.26. The summed E-state index contributed by atoms with van der Waals surface area (Å²) in [5.74, 6) is -1.24. The lowest BCUT2D eigenvalue weighted by Crippen LogP contribution is -2.38. The molecule has 0 radical (unpaired) electrons. The van der Waals surface area contributed by atoms with Gasteiger partial charge in [0.05, 0.1) is 4.90 Å². The SMILES string of the molecule is C[C@H](NS(=O)(=O)c1cc(Br)ccc1Br)C(=O)O. The molecule has 0 bridgehead atoms. The number of carboxylic acids is 1. The van der Waals surface area contributed by atoms with Gasteiger partial charge in [-0.15, -0.1) is 0 Å². The number of aliphatic carboxylic acids is 1. The van der Waals surface area contributed by atoms with Gasteiger partial charge in [-0.25, -0.2) is 8.42 Å². The summed E-state index contributed by atoms with van der Waals surface area (Å²) in [6.45, 7) is 1.26. The van der Waals surface area contributed by atoms with E-state index in [0.29, 0.717) is 8.95 Å². The molecule has 5 nitrogen and oxygen atoms in total. The van der Waals surface area contributed by atoms with E-state index >= 15 is 0 Å². The van der Waals surface area contributed by atoms with Crippen LogP contribution in [-0.4, -0.2) is 25.5 Å². The number of hydrogen-bond donors (Lipinski definition) is 2. The van der Waals surface area contributed by atoms with E-state index in [9.17, 15) is 13.2 Å². The summed E-state index contributed by atoms with van der Waals surface area (Å²) in [5, 5.41) is 8.67. The van der Waals surface area contributed by atoms with E-state index in [1.807, 2.05) is 0 Å². The first-order valence-electron chi connectivity index (χ1n) is 4.44. The monoisotopic (exact) mass is 385 g/mol.